The summed E-state index contributed by atoms with van der Waals surface area (Å²) in [6, 6.07) is 6.51. The fraction of sp³-hybridized carbons (Fsp3) is 0.231. The predicted octanol–water partition coefficient (Wildman–Crippen LogP) is 5.49. The summed E-state index contributed by atoms with van der Waals surface area (Å²) in [6.45, 7) is 4.00. The normalized spacial score (nSPS) is 12.8. The van der Waals surface area contributed by atoms with E-state index in [1.807, 2.05) is 13.8 Å². The second-order valence-corrected chi connectivity index (χ2v) is 6.09. The molecule has 0 spiro atoms. The quantitative estimate of drug-likeness (QED) is 0.642. The molecule has 0 amide bonds. The molecular weight excluding hydrogens is 278 g/mol. The monoisotopic (exact) mass is 288 g/mol. The van der Waals surface area contributed by atoms with E-state index in [1.165, 1.54) is 17.0 Å². The van der Waals surface area contributed by atoms with Gasteiger partial charge in [0, 0.05) is 20.3 Å². The van der Waals surface area contributed by atoms with Crippen molar-refractivity contribution >= 4 is 34.5 Å². The third-order valence-corrected chi connectivity index (χ3v) is 4.58. The number of hydrogen-bond donors (Lipinski definition) is 0. The maximum Gasteiger partial charge on any atom is 0.128 e. The molecule has 1 heterocycles. The first-order chi connectivity index (χ1) is 7.99. The first-order valence-corrected chi connectivity index (χ1v) is 6.78. The van der Waals surface area contributed by atoms with Gasteiger partial charge in [0.25, 0.3) is 0 Å². The van der Waals surface area contributed by atoms with Crippen molar-refractivity contribution in [3.05, 3.63) is 56.0 Å². The highest BCUT2D eigenvalue weighted by atomic mass is 35.5. The maximum atomic E-state index is 13.7. The molecule has 0 fully saturated rings. The first-order valence-electron chi connectivity index (χ1n) is 5.15. The van der Waals surface area contributed by atoms with Gasteiger partial charge in [-0.05, 0) is 43.7 Å². The van der Waals surface area contributed by atoms with Gasteiger partial charge in [0.15, 0.2) is 0 Å². The lowest BCUT2D eigenvalue weighted by Gasteiger charge is -2.10. The Labute approximate surface area is 114 Å². The van der Waals surface area contributed by atoms with E-state index >= 15 is 0 Å². The van der Waals surface area contributed by atoms with Crippen molar-refractivity contribution in [1.82, 2.24) is 0 Å². The number of alkyl halides is 1. The highest BCUT2D eigenvalue weighted by Crippen LogP contribution is 2.38. The molecule has 90 valence electrons. The van der Waals surface area contributed by atoms with E-state index in [0.29, 0.717) is 10.6 Å². The Hall–Kier alpha value is -0.570. The van der Waals surface area contributed by atoms with Crippen LogP contribution in [0.1, 0.15) is 26.3 Å². The zero-order valence-corrected chi connectivity index (χ0v) is 11.8. The summed E-state index contributed by atoms with van der Waals surface area (Å²) >= 11 is 13.8. The molecular formula is C13H11Cl2FS. The second kappa shape index (κ2) is 4.97. The van der Waals surface area contributed by atoms with E-state index in [2.05, 4.69) is 6.07 Å². The van der Waals surface area contributed by atoms with Gasteiger partial charge in [-0.15, -0.1) is 22.9 Å². The fourth-order valence-corrected chi connectivity index (χ4v) is 3.45. The molecule has 0 saturated carbocycles. The summed E-state index contributed by atoms with van der Waals surface area (Å²) in [5.74, 6) is -0.320. The van der Waals surface area contributed by atoms with Crippen molar-refractivity contribution in [3.8, 4) is 0 Å². The first kappa shape index (κ1) is 12.9. The molecule has 0 aliphatic heterocycles. The van der Waals surface area contributed by atoms with Gasteiger partial charge < -0.3 is 0 Å². The molecule has 0 bridgehead atoms. The smallest absolute Gasteiger partial charge is 0.128 e. The van der Waals surface area contributed by atoms with Crippen molar-refractivity contribution < 1.29 is 4.39 Å². The number of halogens is 3. The van der Waals surface area contributed by atoms with Crippen molar-refractivity contribution in [3.63, 3.8) is 0 Å². The van der Waals surface area contributed by atoms with Gasteiger partial charge in [0.05, 0.1) is 5.38 Å². The van der Waals surface area contributed by atoms with Crippen LogP contribution in [0.2, 0.25) is 5.02 Å². The Bertz CT molecular complexity index is 548. The summed E-state index contributed by atoms with van der Waals surface area (Å²) < 4.78 is 13.7. The van der Waals surface area contributed by atoms with Gasteiger partial charge >= 0.3 is 0 Å². The van der Waals surface area contributed by atoms with Crippen molar-refractivity contribution in [1.29, 1.82) is 0 Å². The number of thiophene rings is 1. The number of benzene rings is 1. The summed E-state index contributed by atoms with van der Waals surface area (Å²) in [5.41, 5.74) is 1.52. The lowest BCUT2D eigenvalue weighted by atomic mass is 10.1. The molecule has 0 aliphatic carbocycles. The summed E-state index contributed by atoms with van der Waals surface area (Å²) in [6.07, 6.45) is 0. The minimum Gasteiger partial charge on any atom is -0.207 e. The maximum absolute atomic E-state index is 13.7. The van der Waals surface area contributed by atoms with Crippen molar-refractivity contribution in [2.45, 2.75) is 19.2 Å². The predicted molar refractivity (Wildman–Crippen MR) is 72.9 cm³/mol. The molecule has 2 aromatic rings. The Balaban J connectivity index is 2.46. The molecule has 1 aromatic heterocycles. The van der Waals surface area contributed by atoms with E-state index in [9.17, 15) is 4.39 Å². The van der Waals surface area contributed by atoms with Gasteiger partial charge in [0.1, 0.15) is 5.82 Å². The van der Waals surface area contributed by atoms with E-state index in [4.69, 9.17) is 23.2 Å². The molecule has 0 radical (unpaired) electrons. The fourth-order valence-electron chi connectivity index (χ4n) is 1.76. The van der Waals surface area contributed by atoms with Crippen LogP contribution in [-0.2, 0) is 0 Å². The molecule has 0 nitrogen and oxygen atoms in total. The second-order valence-electron chi connectivity index (χ2n) is 3.93. The van der Waals surface area contributed by atoms with Gasteiger partial charge in [-0.1, -0.05) is 11.6 Å². The minimum absolute atomic E-state index is 0.320. The Morgan fingerprint density at radius 2 is 1.94 bits per heavy atom. The number of aryl methyl sites for hydroxylation is 2. The van der Waals surface area contributed by atoms with Crippen molar-refractivity contribution in [2.24, 2.45) is 0 Å². The summed E-state index contributed by atoms with van der Waals surface area (Å²) in [4.78, 5) is 2.15. The average Bonchev–Trinajstić information content (AvgIpc) is 2.60. The number of rotatable bonds is 2. The van der Waals surface area contributed by atoms with Crippen LogP contribution in [0.25, 0.3) is 0 Å². The molecule has 2 rings (SSSR count). The minimum atomic E-state index is -0.479. The molecule has 1 aromatic carbocycles. The highest BCUT2D eigenvalue weighted by molar-refractivity contribution is 7.12. The van der Waals surface area contributed by atoms with Crippen LogP contribution >= 0.6 is 34.5 Å². The van der Waals surface area contributed by atoms with Crippen LogP contribution in [0, 0.1) is 19.7 Å². The SMILES string of the molecule is Cc1cc(C)c(C(Cl)c2cc(Cl)ccc2F)s1. The van der Waals surface area contributed by atoms with Crippen LogP contribution in [0.4, 0.5) is 4.39 Å². The average molecular weight is 289 g/mol. The standard InChI is InChI=1S/C13H11Cl2FS/c1-7-5-8(2)17-13(7)12(15)10-6-9(14)3-4-11(10)16/h3-6,12H,1-2H3. The molecule has 0 saturated heterocycles. The van der Waals surface area contributed by atoms with Gasteiger partial charge in [-0.25, -0.2) is 4.39 Å². The third-order valence-electron chi connectivity index (χ3n) is 2.54. The zero-order chi connectivity index (χ0) is 12.6. The zero-order valence-electron chi connectivity index (χ0n) is 9.43. The number of hydrogen-bond acceptors (Lipinski definition) is 1. The Kier molecular flexibility index (Phi) is 3.76. The van der Waals surface area contributed by atoms with Crippen LogP contribution in [0.5, 0.6) is 0 Å². The molecule has 0 aliphatic rings. The van der Waals surface area contributed by atoms with E-state index in [1.54, 1.807) is 17.4 Å². The van der Waals surface area contributed by atoms with Crippen molar-refractivity contribution in [2.75, 3.05) is 0 Å². The van der Waals surface area contributed by atoms with Crippen LogP contribution in [0.15, 0.2) is 24.3 Å². The summed E-state index contributed by atoms with van der Waals surface area (Å²) in [5, 5.41) is 0.0189. The van der Waals surface area contributed by atoms with Crippen LogP contribution in [0.3, 0.4) is 0 Å². The topological polar surface area (TPSA) is 0 Å². The Morgan fingerprint density at radius 3 is 2.53 bits per heavy atom. The molecule has 0 N–H and O–H groups in total. The molecule has 1 atom stereocenters. The Morgan fingerprint density at radius 1 is 1.24 bits per heavy atom. The van der Waals surface area contributed by atoms with Crippen LogP contribution < -0.4 is 0 Å². The van der Waals surface area contributed by atoms with Gasteiger partial charge in [-0.3, -0.25) is 0 Å². The molecule has 17 heavy (non-hydrogen) atoms. The molecule has 1 unspecified atom stereocenters. The lowest BCUT2D eigenvalue weighted by molar-refractivity contribution is 0.613. The van der Waals surface area contributed by atoms with Crippen LogP contribution in [-0.4, -0.2) is 0 Å². The largest absolute Gasteiger partial charge is 0.207 e. The lowest BCUT2D eigenvalue weighted by Crippen LogP contribution is -1.96. The van der Waals surface area contributed by atoms with Gasteiger partial charge in [0.2, 0.25) is 0 Å². The molecule has 4 heteroatoms. The van der Waals surface area contributed by atoms with E-state index in [0.717, 1.165) is 10.4 Å². The summed E-state index contributed by atoms with van der Waals surface area (Å²) in [7, 11) is 0. The highest BCUT2D eigenvalue weighted by Gasteiger charge is 2.19. The van der Waals surface area contributed by atoms with E-state index in [-0.39, 0.29) is 5.82 Å². The van der Waals surface area contributed by atoms with E-state index < -0.39 is 5.38 Å². The third kappa shape index (κ3) is 2.65. The van der Waals surface area contributed by atoms with Gasteiger partial charge in [-0.2, -0.15) is 0 Å².